The summed E-state index contributed by atoms with van der Waals surface area (Å²) in [6, 6.07) is 14.4. The van der Waals surface area contributed by atoms with Crippen molar-refractivity contribution in [3.63, 3.8) is 0 Å². The molecular formula is C19H20N2O3. The largest absolute Gasteiger partial charge is 0.504 e. The predicted molar refractivity (Wildman–Crippen MR) is 93.5 cm³/mol. The first-order valence-electron chi connectivity index (χ1n) is 7.92. The number of benzene rings is 2. The summed E-state index contributed by atoms with van der Waals surface area (Å²) in [4.78, 5) is 16.6. The van der Waals surface area contributed by atoms with Crippen LogP contribution in [0.1, 0.15) is 10.4 Å². The van der Waals surface area contributed by atoms with Gasteiger partial charge in [0.25, 0.3) is 0 Å². The average molecular weight is 324 g/mol. The minimum absolute atomic E-state index is 0.198. The molecule has 0 aromatic heterocycles. The van der Waals surface area contributed by atoms with Gasteiger partial charge in [-0.3, -0.25) is 4.79 Å². The number of phenols is 2. The molecule has 1 aliphatic heterocycles. The number of phenolic OH excluding ortho intramolecular Hbond substituents is 2. The highest BCUT2D eigenvalue weighted by Gasteiger charge is 2.15. The molecule has 5 nitrogen and oxygen atoms in total. The molecule has 1 saturated heterocycles. The molecule has 0 bridgehead atoms. The maximum atomic E-state index is 12.1. The molecule has 2 aromatic carbocycles. The summed E-state index contributed by atoms with van der Waals surface area (Å²) >= 11 is 0. The van der Waals surface area contributed by atoms with Crippen LogP contribution < -0.4 is 4.90 Å². The number of para-hydroxylation sites is 1. The van der Waals surface area contributed by atoms with E-state index in [9.17, 15) is 15.0 Å². The summed E-state index contributed by atoms with van der Waals surface area (Å²) in [5.41, 5.74) is 1.57. The fourth-order valence-electron chi connectivity index (χ4n) is 2.71. The second kappa shape index (κ2) is 7.08. The molecule has 0 saturated carbocycles. The van der Waals surface area contributed by atoms with Gasteiger partial charge in [-0.1, -0.05) is 18.2 Å². The summed E-state index contributed by atoms with van der Waals surface area (Å²) in [6.07, 6.45) is 3.30. The van der Waals surface area contributed by atoms with Gasteiger partial charge in [-0.15, -0.1) is 0 Å². The van der Waals surface area contributed by atoms with Gasteiger partial charge in [-0.2, -0.15) is 0 Å². The number of ketones is 1. The molecule has 2 aromatic rings. The molecule has 1 aliphatic rings. The molecule has 0 unspecified atom stereocenters. The number of nitrogens with zero attached hydrogens (tertiary/aromatic N) is 2. The smallest absolute Gasteiger partial charge is 0.187 e. The summed E-state index contributed by atoms with van der Waals surface area (Å²) in [5.74, 6) is -0.714. The molecule has 0 atom stereocenters. The number of hydrogen-bond donors (Lipinski definition) is 2. The standard InChI is InChI=1S/C19H20N2O3/c22-17(15-6-7-18(23)19(24)14-15)8-9-20-10-12-21(13-11-20)16-4-2-1-3-5-16/h1-9,14,23-24H,10-13H2. The number of hydrogen-bond acceptors (Lipinski definition) is 5. The van der Waals surface area contributed by atoms with Crippen LogP contribution in [0.3, 0.4) is 0 Å². The van der Waals surface area contributed by atoms with Crippen molar-refractivity contribution in [2.45, 2.75) is 0 Å². The highest BCUT2D eigenvalue weighted by Crippen LogP contribution is 2.25. The van der Waals surface area contributed by atoms with Crippen molar-refractivity contribution in [3.8, 4) is 11.5 Å². The lowest BCUT2D eigenvalue weighted by molar-refractivity contribution is 0.104. The van der Waals surface area contributed by atoms with Crippen molar-refractivity contribution >= 4 is 11.5 Å². The average Bonchev–Trinajstić information content (AvgIpc) is 2.63. The Kier molecular flexibility index (Phi) is 4.70. The lowest BCUT2D eigenvalue weighted by Gasteiger charge is -2.35. The van der Waals surface area contributed by atoms with Crippen LogP contribution in [0.2, 0.25) is 0 Å². The number of anilines is 1. The summed E-state index contributed by atoms with van der Waals surface area (Å²) < 4.78 is 0. The number of allylic oxidation sites excluding steroid dienone is 1. The molecule has 124 valence electrons. The number of carbonyl (C=O) groups is 1. The summed E-state index contributed by atoms with van der Waals surface area (Å²) in [5, 5.41) is 18.7. The predicted octanol–water partition coefficient (Wildman–Crippen LogP) is 2.62. The second-order valence-corrected chi connectivity index (χ2v) is 5.74. The van der Waals surface area contributed by atoms with Gasteiger partial charge in [0.1, 0.15) is 0 Å². The van der Waals surface area contributed by atoms with E-state index in [2.05, 4.69) is 21.9 Å². The molecule has 5 heteroatoms. The SMILES string of the molecule is O=C(C=CN1CCN(c2ccccc2)CC1)c1ccc(O)c(O)c1. The highest BCUT2D eigenvalue weighted by atomic mass is 16.3. The lowest BCUT2D eigenvalue weighted by atomic mass is 10.1. The van der Waals surface area contributed by atoms with Crippen LogP contribution in [0.25, 0.3) is 0 Å². The first kappa shape index (κ1) is 15.9. The zero-order valence-corrected chi connectivity index (χ0v) is 13.3. The lowest BCUT2D eigenvalue weighted by Crippen LogP contribution is -2.44. The van der Waals surface area contributed by atoms with E-state index >= 15 is 0 Å². The molecule has 0 spiro atoms. The number of piperazine rings is 1. The van der Waals surface area contributed by atoms with Crippen molar-refractivity contribution in [1.29, 1.82) is 0 Å². The summed E-state index contributed by atoms with van der Waals surface area (Å²) in [6.45, 7) is 3.50. The van der Waals surface area contributed by atoms with Gasteiger partial charge in [0.2, 0.25) is 0 Å². The Morgan fingerprint density at radius 2 is 1.62 bits per heavy atom. The van der Waals surface area contributed by atoms with Crippen LogP contribution in [-0.2, 0) is 0 Å². The van der Waals surface area contributed by atoms with Crippen molar-refractivity contribution < 1.29 is 15.0 Å². The van der Waals surface area contributed by atoms with Crippen LogP contribution in [-0.4, -0.2) is 47.1 Å². The molecular weight excluding hydrogens is 304 g/mol. The van der Waals surface area contributed by atoms with Gasteiger partial charge in [0.15, 0.2) is 17.3 Å². The first-order chi connectivity index (χ1) is 11.6. The molecule has 24 heavy (non-hydrogen) atoms. The highest BCUT2D eigenvalue weighted by molar-refractivity contribution is 6.04. The van der Waals surface area contributed by atoms with E-state index in [-0.39, 0.29) is 17.3 Å². The monoisotopic (exact) mass is 324 g/mol. The zero-order valence-electron chi connectivity index (χ0n) is 13.3. The number of aromatic hydroxyl groups is 2. The zero-order chi connectivity index (χ0) is 16.9. The van der Waals surface area contributed by atoms with Gasteiger partial charge in [-0.05, 0) is 30.3 Å². The Hall–Kier alpha value is -2.95. The van der Waals surface area contributed by atoms with Crippen LogP contribution >= 0.6 is 0 Å². The molecule has 1 fully saturated rings. The van der Waals surface area contributed by atoms with Gasteiger partial charge in [-0.25, -0.2) is 0 Å². The van der Waals surface area contributed by atoms with Crippen LogP contribution in [0, 0.1) is 0 Å². The third kappa shape index (κ3) is 3.68. The van der Waals surface area contributed by atoms with Crippen molar-refractivity contribution in [3.05, 3.63) is 66.4 Å². The fourth-order valence-corrected chi connectivity index (χ4v) is 2.71. The minimum atomic E-state index is -0.286. The maximum absolute atomic E-state index is 12.1. The number of carbonyl (C=O) groups excluding carboxylic acids is 1. The Morgan fingerprint density at radius 1 is 0.917 bits per heavy atom. The quantitative estimate of drug-likeness (QED) is 0.514. The first-order valence-corrected chi connectivity index (χ1v) is 7.92. The Morgan fingerprint density at radius 3 is 2.29 bits per heavy atom. The van der Waals surface area contributed by atoms with Crippen molar-refractivity contribution in [2.75, 3.05) is 31.1 Å². The van der Waals surface area contributed by atoms with E-state index in [1.807, 2.05) is 18.2 Å². The maximum Gasteiger partial charge on any atom is 0.187 e. The van der Waals surface area contributed by atoms with Gasteiger partial charge >= 0.3 is 0 Å². The minimum Gasteiger partial charge on any atom is -0.504 e. The van der Waals surface area contributed by atoms with E-state index < -0.39 is 0 Å². The van der Waals surface area contributed by atoms with Crippen LogP contribution in [0.5, 0.6) is 11.5 Å². The van der Waals surface area contributed by atoms with Gasteiger partial charge in [0.05, 0.1) is 0 Å². The topological polar surface area (TPSA) is 64.0 Å². The van der Waals surface area contributed by atoms with Crippen molar-refractivity contribution in [2.24, 2.45) is 0 Å². The van der Waals surface area contributed by atoms with E-state index in [1.54, 1.807) is 6.20 Å². The molecule has 0 amide bonds. The Labute approximate surface area is 141 Å². The third-order valence-corrected chi connectivity index (χ3v) is 4.13. The Bertz CT molecular complexity index is 736. The van der Waals surface area contributed by atoms with E-state index in [0.29, 0.717) is 5.56 Å². The summed E-state index contributed by atoms with van der Waals surface area (Å²) in [7, 11) is 0. The molecule has 1 heterocycles. The van der Waals surface area contributed by atoms with Gasteiger partial charge < -0.3 is 20.0 Å². The van der Waals surface area contributed by atoms with Gasteiger partial charge in [0, 0.05) is 49.7 Å². The molecule has 2 N–H and O–H groups in total. The normalized spacial score (nSPS) is 15.0. The fraction of sp³-hybridized carbons (Fsp3) is 0.211. The second-order valence-electron chi connectivity index (χ2n) is 5.74. The molecule has 0 radical (unpaired) electrons. The van der Waals surface area contributed by atoms with Crippen LogP contribution in [0.15, 0.2) is 60.8 Å². The van der Waals surface area contributed by atoms with Crippen molar-refractivity contribution in [1.82, 2.24) is 4.90 Å². The number of rotatable bonds is 4. The van der Waals surface area contributed by atoms with E-state index in [1.165, 1.54) is 30.0 Å². The van der Waals surface area contributed by atoms with Crippen LogP contribution in [0.4, 0.5) is 5.69 Å². The van der Waals surface area contributed by atoms with E-state index in [4.69, 9.17) is 0 Å². The van der Waals surface area contributed by atoms with E-state index in [0.717, 1.165) is 26.2 Å². The molecule has 3 rings (SSSR count). The third-order valence-electron chi connectivity index (χ3n) is 4.13. The molecule has 0 aliphatic carbocycles. The Balaban J connectivity index is 1.56.